The zero-order valence-corrected chi connectivity index (χ0v) is 9.44. The van der Waals surface area contributed by atoms with E-state index in [1.54, 1.807) is 0 Å². The normalized spacial score (nSPS) is 23.2. The summed E-state index contributed by atoms with van der Waals surface area (Å²) < 4.78 is 0. The van der Waals surface area contributed by atoms with Gasteiger partial charge in [0.2, 0.25) is 0 Å². The molecule has 1 aromatic rings. The number of hydrogen-bond acceptors (Lipinski definition) is 3. The van der Waals surface area contributed by atoms with Crippen molar-refractivity contribution in [3.63, 3.8) is 0 Å². The van der Waals surface area contributed by atoms with E-state index in [-0.39, 0.29) is 12.0 Å². The highest BCUT2D eigenvalue weighted by atomic mass is 16.1. The molecule has 0 amide bonds. The summed E-state index contributed by atoms with van der Waals surface area (Å²) in [4.78, 5) is 16.0. The van der Waals surface area contributed by atoms with Crippen LogP contribution < -0.4 is 4.90 Å². The van der Waals surface area contributed by atoms with Crippen molar-refractivity contribution in [1.82, 2.24) is 0 Å². The van der Waals surface area contributed by atoms with Crippen LogP contribution in [0, 0.1) is 5.92 Å². The lowest BCUT2D eigenvalue weighted by Crippen LogP contribution is -2.34. The van der Waals surface area contributed by atoms with Crippen molar-refractivity contribution in [1.29, 1.82) is 0 Å². The van der Waals surface area contributed by atoms with Crippen molar-refractivity contribution < 1.29 is 4.79 Å². The Labute approximate surface area is 99.7 Å². The fraction of sp³-hybridized carbons (Fsp3) is 0.417. The number of azide groups is 1. The molecule has 0 saturated carbocycles. The Morgan fingerprint density at radius 2 is 2.24 bits per heavy atom. The molecule has 1 saturated heterocycles. The van der Waals surface area contributed by atoms with Gasteiger partial charge < -0.3 is 9.69 Å². The molecule has 1 aromatic carbocycles. The first-order valence-electron chi connectivity index (χ1n) is 5.64. The summed E-state index contributed by atoms with van der Waals surface area (Å²) in [6.07, 6.45) is 1.84. The number of aldehydes is 1. The standard InChI is InChI=1S/C12H14N4O/c13-15-14-8-10-6-7-16(12(10)9-17)11-4-2-1-3-5-11/h1-5,9-10,12H,6-8H2. The van der Waals surface area contributed by atoms with E-state index in [1.807, 2.05) is 30.3 Å². The lowest BCUT2D eigenvalue weighted by molar-refractivity contribution is -0.109. The van der Waals surface area contributed by atoms with Crippen LogP contribution in [-0.2, 0) is 4.79 Å². The third-order valence-electron chi connectivity index (χ3n) is 3.19. The van der Waals surface area contributed by atoms with E-state index in [0.29, 0.717) is 6.54 Å². The van der Waals surface area contributed by atoms with Crippen molar-refractivity contribution >= 4 is 12.0 Å². The molecule has 5 heteroatoms. The molecular weight excluding hydrogens is 216 g/mol. The molecule has 1 aliphatic rings. The number of nitrogens with zero attached hydrogens (tertiary/aromatic N) is 4. The van der Waals surface area contributed by atoms with Gasteiger partial charge in [0, 0.05) is 23.7 Å². The molecule has 0 radical (unpaired) electrons. The Morgan fingerprint density at radius 1 is 1.47 bits per heavy atom. The van der Waals surface area contributed by atoms with Crippen LogP contribution >= 0.6 is 0 Å². The van der Waals surface area contributed by atoms with Gasteiger partial charge in [-0.15, -0.1) is 0 Å². The maximum absolute atomic E-state index is 11.2. The van der Waals surface area contributed by atoms with Crippen molar-refractivity contribution in [3.8, 4) is 0 Å². The van der Waals surface area contributed by atoms with Crippen LogP contribution in [-0.4, -0.2) is 25.4 Å². The van der Waals surface area contributed by atoms with Gasteiger partial charge >= 0.3 is 0 Å². The molecule has 0 bridgehead atoms. The molecule has 2 unspecified atom stereocenters. The predicted octanol–water partition coefficient (Wildman–Crippen LogP) is 2.39. The van der Waals surface area contributed by atoms with Gasteiger partial charge in [0.05, 0.1) is 6.04 Å². The topological polar surface area (TPSA) is 69.1 Å². The van der Waals surface area contributed by atoms with Gasteiger partial charge in [-0.2, -0.15) is 0 Å². The quantitative estimate of drug-likeness (QED) is 0.345. The maximum atomic E-state index is 11.2. The molecule has 0 aromatic heterocycles. The molecule has 0 aliphatic carbocycles. The van der Waals surface area contributed by atoms with Crippen molar-refractivity contribution in [2.75, 3.05) is 18.0 Å². The largest absolute Gasteiger partial charge is 0.361 e. The summed E-state index contributed by atoms with van der Waals surface area (Å²) in [7, 11) is 0. The highest BCUT2D eigenvalue weighted by Gasteiger charge is 2.33. The third-order valence-corrected chi connectivity index (χ3v) is 3.19. The smallest absolute Gasteiger partial charge is 0.142 e. The van der Waals surface area contributed by atoms with Crippen LogP contribution in [0.5, 0.6) is 0 Å². The van der Waals surface area contributed by atoms with E-state index in [0.717, 1.165) is 24.9 Å². The predicted molar refractivity (Wildman–Crippen MR) is 65.8 cm³/mol. The first kappa shape index (κ1) is 11.5. The lowest BCUT2D eigenvalue weighted by Gasteiger charge is -2.24. The van der Waals surface area contributed by atoms with Gasteiger partial charge in [0.15, 0.2) is 0 Å². The first-order valence-corrected chi connectivity index (χ1v) is 5.64. The minimum absolute atomic E-state index is 0.128. The van der Waals surface area contributed by atoms with E-state index in [1.165, 1.54) is 0 Å². The van der Waals surface area contributed by atoms with Crippen LogP contribution in [0.4, 0.5) is 5.69 Å². The molecule has 5 nitrogen and oxygen atoms in total. The van der Waals surface area contributed by atoms with Crippen LogP contribution in [0.3, 0.4) is 0 Å². The SMILES string of the molecule is [N-]=[N+]=NCC1CCN(c2ccccc2)C1C=O. The molecule has 0 spiro atoms. The Balaban J connectivity index is 2.15. The Hall–Kier alpha value is -2.00. The lowest BCUT2D eigenvalue weighted by atomic mass is 10.0. The second-order valence-corrected chi connectivity index (χ2v) is 4.12. The fourth-order valence-electron chi connectivity index (χ4n) is 2.33. The van der Waals surface area contributed by atoms with Crippen LogP contribution in [0.2, 0.25) is 0 Å². The van der Waals surface area contributed by atoms with Gasteiger partial charge in [-0.25, -0.2) is 0 Å². The highest BCUT2D eigenvalue weighted by Crippen LogP contribution is 2.28. The number of anilines is 1. The van der Waals surface area contributed by atoms with Crippen molar-refractivity contribution in [2.45, 2.75) is 12.5 Å². The molecule has 1 fully saturated rings. The summed E-state index contributed by atoms with van der Waals surface area (Å²) in [5.41, 5.74) is 9.37. The zero-order valence-electron chi connectivity index (χ0n) is 9.44. The number of hydrogen-bond donors (Lipinski definition) is 0. The molecule has 2 rings (SSSR count). The summed E-state index contributed by atoms with van der Waals surface area (Å²) >= 11 is 0. The average Bonchev–Trinajstić information content (AvgIpc) is 2.80. The van der Waals surface area contributed by atoms with E-state index in [2.05, 4.69) is 14.9 Å². The Kier molecular flexibility index (Phi) is 3.62. The Bertz CT molecular complexity index is 427. The highest BCUT2D eigenvalue weighted by molar-refractivity contribution is 5.68. The third kappa shape index (κ3) is 2.40. The van der Waals surface area contributed by atoms with Gasteiger partial charge in [-0.05, 0) is 30.0 Å². The van der Waals surface area contributed by atoms with E-state index in [9.17, 15) is 4.79 Å². The van der Waals surface area contributed by atoms with Crippen LogP contribution in [0.1, 0.15) is 6.42 Å². The molecular formula is C12H14N4O. The molecule has 1 heterocycles. The second kappa shape index (κ2) is 5.37. The van der Waals surface area contributed by atoms with Crippen LogP contribution in [0.25, 0.3) is 10.4 Å². The minimum Gasteiger partial charge on any atom is -0.361 e. The van der Waals surface area contributed by atoms with E-state index in [4.69, 9.17) is 5.53 Å². The maximum Gasteiger partial charge on any atom is 0.142 e. The first-order chi connectivity index (χ1) is 8.36. The average molecular weight is 230 g/mol. The molecule has 1 aliphatic heterocycles. The second-order valence-electron chi connectivity index (χ2n) is 4.12. The van der Waals surface area contributed by atoms with Crippen molar-refractivity contribution in [3.05, 3.63) is 40.8 Å². The van der Waals surface area contributed by atoms with Gasteiger partial charge in [0.25, 0.3) is 0 Å². The summed E-state index contributed by atoms with van der Waals surface area (Å²) in [5.74, 6) is 0.128. The molecule has 88 valence electrons. The number of carbonyl (C=O) groups excluding carboxylic acids is 1. The fourth-order valence-corrected chi connectivity index (χ4v) is 2.33. The van der Waals surface area contributed by atoms with Gasteiger partial charge in [0.1, 0.15) is 6.29 Å². The zero-order chi connectivity index (χ0) is 12.1. The van der Waals surface area contributed by atoms with Gasteiger partial charge in [-0.1, -0.05) is 23.3 Å². The molecule has 2 atom stereocenters. The monoisotopic (exact) mass is 230 g/mol. The number of benzene rings is 1. The van der Waals surface area contributed by atoms with E-state index < -0.39 is 0 Å². The molecule has 0 N–H and O–H groups in total. The van der Waals surface area contributed by atoms with E-state index >= 15 is 0 Å². The van der Waals surface area contributed by atoms with Crippen molar-refractivity contribution in [2.24, 2.45) is 11.0 Å². The minimum atomic E-state index is -0.178. The number of para-hydroxylation sites is 1. The Morgan fingerprint density at radius 3 is 2.88 bits per heavy atom. The summed E-state index contributed by atoms with van der Waals surface area (Å²) in [6.45, 7) is 1.22. The number of rotatable bonds is 4. The molecule has 17 heavy (non-hydrogen) atoms. The summed E-state index contributed by atoms with van der Waals surface area (Å²) in [5, 5.41) is 3.58. The van der Waals surface area contributed by atoms with Crippen LogP contribution in [0.15, 0.2) is 35.4 Å². The van der Waals surface area contributed by atoms with Gasteiger partial charge in [-0.3, -0.25) is 0 Å². The summed E-state index contributed by atoms with van der Waals surface area (Å²) in [6, 6.07) is 9.67. The number of carbonyl (C=O) groups is 1.